The number of halogens is 3. The number of aryl methyl sites for hydroxylation is 1. The van der Waals surface area contributed by atoms with Crippen LogP contribution in [0.1, 0.15) is 35.7 Å². The zero-order valence-corrected chi connectivity index (χ0v) is 7.73. The van der Waals surface area contributed by atoms with Crippen molar-refractivity contribution in [3.8, 4) is 0 Å². The molecule has 0 N–H and O–H groups in total. The predicted octanol–water partition coefficient (Wildman–Crippen LogP) is 3.29. The molecule has 76 valence electrons. The Kier molecular flexibility index (Phi) is 2.01. The van der Waals surface area contributed by atoms with Crippen LogP contribution in [0.4, 0.5) is 13.2 Å². The molecule has 0 saturated heterocycles. The summed E-state index contributed by atoms with van der Waals surface area (Å²) in [5.41, 5.74) is 0.464. The lowest BCUT2D eigenvalue weighted by Gasteiger charge is -2.08. The molecule has 1 aliphatic rings. The summed E-state index contributed by atoms with van der Waals surface area (Å²) in [6.45, 7) is 1.60. The fraction of sp³-hybridized carbons (Fsp3) is 0.500. The molecule has 1 aliphatic carbocycles. The van der Waals surface area contributed by atoms with Gasteiger partial charge in [-0.15, -0.1) is 0 Å². The molecule has 1 fully saturated rings. The van der Waals surface area contributed by atoms with Gasteiger partial charge >= 0.3 is 6.18 Å². The molecular weight excluding hydrogens is 191 g/mol. The van der Waals surface area contributed by atoms with Crippen molar-refractivity contribution < 1.29 is 13.2 Å². The van der Waals surface area contributed by atoms with E-state index in [1.165, 1.54) is 6.07 Å². The summed E-state index contributed by atoms with van der Waals surface area (Å²) in [4.78, 5) is 3.49. The van der Waals surface area contributed by atoms with Crippen LogP contribution in [0.2, 0.25) is 0 Å². The molecule has 0 spiro atoms. The summed E-state index contributed by atoms with van der Waals surface area (Å²) < 4.78 is 37.1. The number of alkyl halides is 3. The van der Waals surface area contributed by atoms with Crippen molar-refractivity contribution in [3.05, 3.63) is 29.1 Å². The normalized spacial score (nSPS) is 17.1. The second-order valence-corrected chi connectivity index (χ2v) is 3.70. The van der Waals surface area contributed by atoms with Crippen LogP contribution in [0, 0.1) is 6.92 Å². The maximum absolute atomic E-state index is 12.4. The minimum Gasteiger partial charge on any atom is -0.249 e. The first-order valence-corrected chi connectivity index (χ1v) is 4.52. The Balaban J connectivity index is 2.41. The van der Waals surface area contributed by atoms with Crippen molar-refractivity contribution in [1.82, 2.24) is 4.98 Å². The Morgan fingerprint density at radius 2 is 1.93 bits per heavy atom. The van der Waals surface area contributed by atoms with Gasteiger partial charge in [-0.25, -0.2) is 4.98 Å². The summed E-state index contributed by atoms with van der Waals surface area (Å²) in [6.07, 6.45) is -2.32. The van der Waals surface area contributed by atoms with Crippen molar-refractivity contribution in [2.24, 2.45) is 0 Å². The van der Waals surface area contributed by atoms with Crippen LogP contribution in [0.3, 0.4) is 0 Å². The van der Waals surface area contributed by atoms with Gasteiger partial charge in [-0.2, -0.15) is 13.2 Å². The molecular formula is C10H10F3N. The van der Waals surface area contributed by atoms with Crippen LogP contribution >= 0.6 is 0 Å². The van der Waals surface area contributed by atoms with Gasteiger partial charge in [0.2, 0.25) is 0 Å². The van der Waals surface area contributed by atoms with E-state index in [9.17, 15) is 13.2 Å². The Morgan fingerprint density at radius 1 is 1.29 bits per heavy atom. The van der Waals surface area contributed by atoms with Crippen LogP contribution in [-0.4, -0.2) is 4.98 Å². The Labute approximate surface area is 80.0 Å². The molecule has 1 saturated carbocycles. The third kappa shape index (κ3) is 1.89. The van der Waals surface area contributed by atoms with Crippen molar-refractivity contribution in [3.63, 3.8) is 0 Å². The molecule has 0 bridgehead atoms. The van der Waals surface area contributed by atoms with Crippen LogP contribution in [0.25, 0.3) is 0 Å². The van der Waals surface area contributed by atoms with Crippen molar-refractivity contribution in [2.45, 2.75) is 31.9 Å². The topological polar surface area (TPSA) is 12.9 Å². The van der Waals surface area contributed by atoms with Gasteiger partial charge < -0.3 is 0 Å². The fourth-order valence-electron chi connectivity index (χ4n) is 1.49. The molecule has 0 radical (unpaired) electrons. The third-order valence-electron chi connectivity index (χ3n) is 2.31. The lowest BCUT2D eigenvalue weighted by Crippen LogP contribution is -2.09. The summed E-state index contributed by atoms with van der Waals surface area (Å²) in [7, 11) is 0. The highest BCUT2D eigenvalue weighted by Crippen LogP contribution is 2.41. The van der Waals surface area contributed by atoms with Gasteiger partial charge in [0.05, 0.1) is 0 Å². The standard InChI is InChI=1S/C10H10F3N/c1-6-4-8(7-2-3-7)5-9(14-6)10(11,12)13/h4-5,7H,2-3H2,1H3. The van der Waals surface area contributed by atoms with E-state index in [0.717, 1.165) is 18.4 Å². The molecule has 0 amide bonds. The van der Waals surface area contributed by atoms with E-state index >= 15 is 0 Å². The van der Waals surface area contributed by atoms with E-state index in [4.69, 9.17) is 0 Å². The lowest BCUT2D eigenvalue weighted by molar-refractivity contribution is -0.141. The number of nitrogens with zero attached hydrogens (tertiary/aromatic N) is 1. The summed E-state index contributed by atoms with van der Waals surface area (Å²) in [5, 5.41) is 0. The minimum atomic E-state index is -4.32. The molecule has 0 aliphatic heterocycles. The average molecular weight is 201 g/mol. The molecule has 14 heavy (non-hydrogen) atoms. The molecule has 0 unspecified atom stereocenters. The Hall–Kier alpha value is -1.06. The highest BCUT2D eigenvalue weighted by Gasteiger charge is 2.34. The fourth-order valence-corrected chi connectivity index (χ4v) is 1.49. The molecule has 1 aromatic rings. The number of aromatic nitrogens is 1. The SMILES string of the molecule is Cc1cc(C2CC2)cc(C(F)(F)F)n1. The van der Waals surface area contributed by atoms with Gasteiger partial charge in [-0.3, -0.25) is 0 Å². The van der Waals surface area contributed by atoms with Crippen molar-refractivity contribution >= 4 is 0 Å². The largest absolute Gasteiger partial charge is 0.433 e. The molecule has 0 atom stereocenters. The molecule has 4 heteroatoms. The van der Waals surface area contributed by atoms with Gasteiger partial charge in [-0.05, 0) is 43.4 Å². The van der Waals surface area contributed by atoms with Crippen LogP contribution in [-0.2, 0) is 6.18 Å². The van der Waals surface area contributed by atoms with E-state index < -0.39 is 11.9 Å². The second-order valence-electron chi connectivity index (χ2n) is 3.70. The molecule has 1 nitrogen and oxygen atoms in total. The predicted molar refractivity (Wildman–Crippen MR) is 46.0 cm³/mol. The van der Waals surface area contributed by atoms with Gasteiger partial charge in [0, 0.05) is 5.69 Å². The van der Waals surface area contributed by atoms with Crippen LogP contribution in [0.5, 0.6) is 0 Å². The summed E-state index contributed by atoms with van der Waals surface area (Å²) in [5.74, 6) is 0.331. The smallest absolute Gasteiger partial charge is 0.249 e. The quantitative estimate of drug-likeness (QED) is 0.679. The maximum atomic E-state index is 12.4. The Morgan fingerprint density at radius 3 is 2.43 bits per heavy atom. The van der Waals surface area contributed by atoms with Crippen molar-refractivity contribution in [1.29, 1.82) is 0 Å². The van der Waals surface area contributed by atoms with Gasteiger partial charge in [0.25, 0.3) is 0 Å². The highest BCUT2D eigenvalue weighted by atomic mass is 19.4. The van der Waals surface area contributed by atoms with E-state index in [2.05, 4.69) is 4.98 Å². The van der Waals surface area contributed by atoms with Crippen LogP contribution in [0.15, 0.2) is 12.1 Å². The number of hydrogen-bond acceptors (Lipinski definition) is 1. The molecule has 1 heterocycles. The second kappa shape index (κ2) is 2.97. The first-order valence-electron chi connectivity index (χ1n) is 4.52. The monoisotopic (exact) mass is 201 g/mol. The number of hydrogen-bond donors (Lipinski definition) is 0. The lowest BCUT2D eigenvalue weighted by atomic mass is 10.1. The average Bonchev–Trinajstić information content (AvgIpc) is 2.83. The zero-order chi connectivity index (χ0) is 10.3. The van der Waals surface area contributed by atoms with Gasteiger partial charge in [0.15, 0.2) is 0 Å². The minimum absolute atomic E-state index is 0.331. The van der Waals surface area contributed by atoms with E-state index in [0.29, 0.717) is 11.6 Å². The van der Waals surface area contributed by atoms with E-state index in [1.807, 2.05) is 0 Å². The molecule has 0 aromatic carbocycles. The third-order valence-corrected chi connectivity index (χ3v) is 2.31. The zero-order valence-electron chi connectivity index (χ0n) is 7.73. The first-order chi connectivity index (χ1) is 6.47. The summed E-state index contributed by atoms with van der Waals surface area (Å²) in [6, 6.07) is 2.91. The van der Waals surface area contributed by atoms with E-state index in [1.54, 1.807) is 13.0 Å². The van der Waals surface area contributed by atoms with Crippen LogP contribution < -0.4 is 0 Å². The molecule has 1 aromatic heterocycles. The van der Waals surface area contributed by atoms with Crippen molar-refractivity contribution in [2.75, 3.05) is 0 Å². The number of rotatable bonds is 1. The summed E-state index contributed by atoms with van der Waals surface area (Å²) >= 11 is 0. The van der Waals surface area contributed by atoms with E-state index in [-0.39, 0.29) is 0 Å². The maximum Gasteiger partial charge on any atom is 0.433 e. The number of pyridine rings is 1. The first kappa shape index (κ1) is 9.49. The van der Waals surface area contributed by atoms with Gasteiger partial charge in [-0.1, -0.05) is 0 Å². The van der Waals surface area contributed by atoms with Gasteiger partial charge in [0.1, 0.15) is 5.69 Å². The highest BCUT2D eigenvalue weighted by molar-refractivity contribution is 5.28. The Bertz CT molecular complexity index is 353. The molecule has 2 rings (SSSR count).